The first-order valence-corrected chi connectivity index (χ1v) is 8.45. The molecule has 0 fully saturated rings. The zero-order chi connectivity index (χ0) is 17.2. The van der Waals surface area contributed by atoms with Gasteiger partial charge in [-0.1, -0.05) is 27.2 Å². The van der Waals surface area contributed by atoms with Gasteiger partial charge in [-0.05, 0) is 44.4 Å². The molecule has 134 valence electrons. The summed E-state index contributed by atoms with van der Waals surface area (Å²) < 4.78 is 16.7. The lowest BCUT2D eigenvalue weighted by Gasteiger charge is -2.34. The molecule has 0 saturated carbocycles. The van der Waals surface area contributed by atoms with E-state index in [0.29, 0.717) is 12.5 Å². The van der Waals surface area contributed by atoms with Crippen molar-refractivity contribution >= 4 is 0 Å². The molecule has 0 aromatic heterocycles. The Morgan fingerprint density at radius 1 is 1.05 bits per heavy atom. The highest BCUT2D eigenvalue weighted by Crippen LogP contribution is 2.29. The second-order valence-electron chi connectivity index (χ2n) is 7.73. The Bertz CT molecular complexity index is 276. The number of aliphatic hydroxyl groups excluding tert-OH is 1. The van der Waals surface area contributed by atoms with Gasteiger partial charge in [-0.2, -0.15) is 0 Å². The number of rotatable bonds is 13. The Labute approximate surface area is 137 Å². The van der Waals surface area contributed by atoms with E-state index in [-0.39, 0.29) is 23.7 Å². The van der Waals surface area contributed by atoms with Crippen molar-refractivity contribution in [1.82, 2.24) is 0 Å². The van der Waals surface area contributed by atoms with Gasteiger partial charge in [-0.25, -0.2) is 0 Å². The minimum absolute atomic E-state index is 0.0639. The molecule has 0 aliphatic rings. The normalized spacial score (nSPS) is 15.8. The molecule has 0 aromatic carbocycles. The second-order valence-corrected chi connectivity index (χ2v) is 7.73. The molecule has 1 N–H and O–H groups in total. The van der Waals surface area contributed by atoms with E-state index in [1.165, 1.54) is 0 Å². The smallest absolute Gasteiger partial charge is 0.109 e. The van der Waals surface area contributed by atoms with Gasteiger partial charge in [0.15, 0.2) is 0 Å². The van der Waals surface area contributed by atoms with Crippen molar-refractivity contribution in [3.63, 3.8) is 0 Å². The first-order valence-electron chi connectivity index (χ1n) is 8.45. The lowest BCUT2D eigenvalue weighted by molar-refractivity contribution is -0.137. The Morgan fingerprint density at radius 2 is 1.68 bits per heavy atom. The molecule has 22 heavy (non-hydrogen) atoms. The van der Waals surface area contributed by atoms with Crippen molar-refractivity contribution in [2.75, 3.05) is 34.0 Å². The van der Waals surface area contributed by atoms with Crippen LogP contribution in [0.5, 0.6) is 0 Å². The molecule has 0 radical (unpaired) electrons. The van der Waals surface area contributed by atoms with Gasteiger partial charge in [0.05, 0.1) is 12.2 Å². The van der Waals surface area contributed by atoms with Gasteiger partial charge in [-0.3, -0.25) is 0 Å². The highest BCUT2D eigenvalue weighted by Gasteiger charge is 2.31. The summed E-state index contributed by atoms with van der Waals surface area (Å²) >= 11 is 0. The summed E-state index contributed by atoms with van der Waals surface area (Å²) in [6, 6.07) is 0. The van der Waals surface area contributed by atoms with E-state index in [9.17, 15) is 0 Å². The Hall–Kier alpha value is -0.160. The quantitative estimate of drug-likeness (QED) is 0.563. The molecule has 2 unspecified atom stereocenters. The molecule has 4 nitrogen and oxygen atoms in total. The van der Waals surface area contributed by atoms with Crippen molar-refractivity contribution in [3.05, 3.63) is 0 Å². The predicted octanol–water partition coefficient (Wildman–Crippen LogP) is 3.66. The van der Waals surface area contributed by atoms with Gasteiger partial charge in [0.2, 0.25) is 0 Å². The van der Waals surface area contributed by atoms with Crippen LogP contribution < -0.4 is 0 Å². The van der Waals surface area contributed by atoms with E-state index < -0.39 is 0 Å². The van der Waals surface area contributed by atoms with Crippen LogP contribution >= 0.6 is 0 Å². The monoisotopic (exact) mass is 318 g/mol. The molecule has 0 aromatic rings. The van der Waals surface area contributed by atoms with Crippen LogP contribution in [0, 0.1) is 11.3 Å². The summed E-state index contributed by atoms with van der Waals surface area (Å²) in [4.78, 5) is 0. The van der Waals surface area contributed by atoms with Crippen molar-refractivity contribution in [2.24, 2.45) is 11.3 Å². The third-order valence-electron chi connectivity index (χ3n) is 4.49. The lowest BCUT2D eigenvalue weighted by atomic mass is 9.83. The largest absolute Gasteiger partial charge is 0.396 e. The second kappa shape index (κ2) is 10.6. The topological polar surface area (TPSA) is 47.9 Å². The zero-order valence-electron chi connectivity index (χ0n) is 15.8. The van der Waals surface area contributed by atoms with Crippen LogP contribution in [0.2, 0.25) is 0 Å². The summed E-state index contributed by atoms with van der Waals surface area (Å²) in [6.07, 6.45) is 4.36. The molecule has 2 atom stereocenters. The lowest BCUT2D eigenvalue weighted by Crippen LogP contribution is -2.43. The van der Waals surface area contributed by atoms with Crippen LogP contribution in [0.3, 0.4) is 0 Å². The third kappa shape index (κ3) is 9.09. The van der Waals surface area contributed by atoms with Gasteiger partial charge in [0.25, 0.3) is 0 Å². The highest BCUT2D eigenvalue weighted by atomic mass is 16.6. The van der Waals surface area contributed by atoms with Crippen molar-refractivity contribution in [3.8, 4) is 0 Å². The Morgan fingerprint density at radius 3 is 2.18 bits per heavy atom. The van der Waals surface area contributed by atoms with Crippen LogP contribution in [-0.4, -0.2) is 50.9 Å². The molecule has 0 aliphatic heterocycles. The fourth-order valence-electron chi connectivity index (χ4n) is 2.53. The van der Waals surface area contributed by atoms with Crippen molar-refractivity contribution < 1.29 is 19.3 Å². The Kier molecular flexibility index (Phi) is 10.5. The average molecular weight is 318 g/mol. The van der Waals surface area contributed by atoms with Crippen molar-refractivity contribution in [1.29, 1.82) is 0 Å². The molecular formula is C18H38O4. The van der Waals surface area contributed by atoms with Crippen molar-refractivity contribution in [2.45, 2.75) is 72.0 Å². The molecule has 0 spiro atoms. The SMILES string of the molecule is COCC(OC)C(C)(C)OCCC(C)(C)CCCC(C)CO. The molecule has 0 bridgehead atoms. The van der Waals surface area contributed by atoms with Crippen LogP contribution in [0.1, 0.15) is 60.3 Å². The summed E-state index contributed by atoms with van der Waals surface area (Å²) in [5, 5.41) is 9.07. The molecule has 0 rings (SSSR count). The molecular weight excluding hydrogens is 280 g/mol. The highest BCUT2D eigenvalue weighted by molar-refractivity contribution is 4.81. The average Bonchev–Trinajstić information content (AvgIpc) is 2.43. The molecule has 0 aliphatic carbocycles. The Balaban J connectivity index is 4.14. The number of ether oxygens (including phenoxy) is 3. The van der Waals surface area contributed by atoms with Crippen LogP contribution in [0.4, 0.5) is 0 Å². The summed E-state index contributed by atoms with van der Waals surface area (Å²) in [7, 11) is 3.37. The number of aliphatic hydroxyl groups is 1. The van der Waals surface area contributed by atoms with E-state index >= 15 is 0 Å². The maximum Gasteiger partial charge on any atom is 0.109 e. The van der Waals surface area contributed by atoms with E-state index in [1.54, 1.807) is 14.2 Å². The van der Waals surface area contributed by atoms with E-state index in [2.05, 4.69) is 34.6 Å². The summed E-state index contributed by atoms with van der Waals surface area (Å²) in [5.41, 5.74) is -0.0959. The molecule has 0 heterocycles. The zero-order valence-corrected chi connectivity index (χ0v) is 15.8. The molecule has 0 amide bonds. The van der Waals surface area contributed by atoms with Crippen LogP contribution in [-0.2, 0) is 14.2 Å². The molecule has 0 saturated heterocycles. The number of hydrogen-bond acceptors (Lipinski definition) is 4. The number of methoxy groups -OCH3 is 2. The van der Waals surface area contributed by atoms with Gasteiger partial charge in [0.1, 0.15) is 6.10 Å². The van der Waals surface area contributed by atoms with E-state index in [1.807, 2.05) is 0 Å². The van der Waals surface area contributed by atoms with Gasteiger partial charge in [0, 0.05) is 27.4 Å². The first-order chi connectivity index (χ1) is 10.2. The van der Waals surface area contributed by atoms with Gasteiger partial charge < -0.3 is 19.3 Å². The number of hydrogen-bond donors (Lipinski definition) is 1. The van der Waals surface area contributed by atoms with E-state index in [0.717, 1.165) is 32.3 Å². The summed E-state index contributed by atoms with van der Waals surface area (Å²) in [6.45, 7) is 12.3. The standard InChI is InChI=1S/C18H38O4/c1-15(13-19)9-8-10-17(2,3)11-12-22-18(4,5)16(21-7)14-20-6/h15-16,19H,8-14H2,1-7H3. The van der Waals surface area contributed by atoms with Gasteiger partial charge in [-0.15, -0.1) is 0 Å². The minimum Gasteiger partial charge on any atom is -0.396 e. The maximum absolute atomic E-state index is 9.07. The van der Waals surface area contributed by atoms with E-state index in [4.69, 9.17) is 19.3 Å². The third-order valence-corrected chi connectivity index (χ3v) is 4.49. The first kappa shape index (κ1) is 21.8. The van der Waals surface area contributed by atoms with Crippen LogP contribution in [0.25, 0.3) is 0 Å². The van der Waals surface area contributed by atoms with Gasteiger partial charge >= 0.3 is 0 Å². The molecule has 4 heteroatoms. The summed E-state index contributed by atoms with van der Waals surface area (Å²) in [5.74, 6) is 0.405. The fraction of sp³-hybridized carbons (Fsp3) is 1.00. The van der Waals surface area contributed by atoms with Crippen LogP contribution in [0.15, 0.2) is 0 Å². The minimum atomic E-state index is -0.355. The fourth-order valence-corrected chi connectivity index (χ4v) is 2.53. The predicted molar refractivity (Wildman–Crippen MR) is 91.2 cm³/mol. The maximum atomic E-state index is 9.07.